The van der Waals surface area contributed by atoms with Crippen molar-refractivity contribution in [2.45, 2.75) is 49.8 Å². The zero-order valence-corrected chi connectivity index (χ0v) is 18.5. The van der Waals surface area contributed by atoms with Gasteiger partial charge in [-0.05, 0) is 80.5 Å². The summed E-state index contributed by atoms with van der Waals surface area (Å²) in [5, 5.41) is 5.77. The van der Waals surface area contributed by atoms with Crippen LogP contribution in [-0.4, -0.2) is 45.2 Å². The fraction of sp³-hybridized carbons (Fsp3) is 0.636. The Morgan fingerprint density at radius 1 is 1.00 bits per heavy atom. The molecule has 0 aromatic heterocycles. The molecule has 0 aliphatic heterocycles. The standard InChI is InChI=1S/C22H31N3O4S/c1-25(2)30(28,29)19-5-3-18(4-6-19)24-20(26)7-8-23-21(27)22-12-15-9-16(13-22)11-17(10-15)14-22/h3-6,15-17H,7-14H2,1-2H3,(H,23,27)(H,24,26). The summed E-state index contributed by atoms with van der Waals surface area (Å²) in [5.41, 5.74) is 0.337. The van der Waals surface area contributed by atoms with Crippen LogP contribution in [0.15, 0.2) is 29.2 Å². The first-order valence-corrected chi connectivity index (χ1v) is 12.2. The molecule has 7 nitrogen and oxygen atoms in total. The number of carbonyl (C=O) groups is 2. The smallest absolute Gasteiger partial charge is 0.242 e. The normalized spacial score (nSPS) is 29.8. The van der Waals surface area contributed by atoms with Gasteiger partial charge >= 0.3 is 0 Å². The van der Waals surface area contributed by atoms with E-state index in [0.717, 1.165) is 23.6 Å². The van der Waals surface area contributed by atoms with E-state index in [0.29, 0.717) is 30.0 Å². The topological polar surface area (TPSA) is 95.6 Å². The quantitative estimate of drug-likeness (QED) is 0.691. The number of nitrogens with zero attached hydrogens (tertiary/aromatic N) is 1. The largest absolute Gasteiger partial charge is 0.355 e. The van der Waals surface area contributed by atoms with E-state index in [1.807, 2.05) is 0 Å². The second-order valence-corrected chi connectivity index (χ2v) is 11.7. The molecule has 0 atom stereocenters. The van der Waals surface area contributed by atoms with E-state index in [2.05, 4.69) is 10.6 Å². The summed E-state index contributed by atoms with van der Waals surface area (Å²) in [6.07, 6.45) is 7.12. The maximum absolute atomic E-state index is 12.9. The molecule has 4 saturated carbocycles. The van der Waals surface area contributed by atoms with Crippen LogP contribution < -0.4 is 10.6 Å². The summed E-state index contributed by atoms with van der Waals surface area (Å²) in [5.74, 6) is 2.07. The number of carbonyl (C=O) groups excluding carboxylic acids is 2. The van der Waals surface area contributed by atoms with Gasteiger partial charge in [0.1, 0.15) is 0 Å². The first-order valence-electron chi connectivity index (χ1n) is 10.8. The van der Waals surface area contributed by atoms with Crippen molar-refractivity contribution in [2.24, 2.45) is 23.2 Å². The predicted molar refractivity (Wildman–Crippen MR) is 114 cm³/mol. The highest BCUT2D eigenvalue weighted by Gasteiger charge is 2.54. The average molecular weight is 434 g/mol. The number of anilines is 1. The van der Waals surface area contributed by atoms with E-state index < -0.39 is 10.0 Å². The van der Waals surface area contributed by atoms with E-state index in [9.17, 15) is 18.0 Å². The molecule has 0 spiro atoms. The Balaban J connectivity index is 1.26. The minimum Gasteiger partial charge on any atom is -0.355 e. The summed E-state index contributed by atoms with van der Waals surface area (Å²) < 4.78 is 25.3. The third kappa shape index (κ3) is 4.12. The fourth-order valence-corrected chi connectivity index (χ4v) is 6.91. The van der Waals surface area contributed by atoms with Crippen LogP contribution in [0.3, 0.4) is 0 Å². The molecule has 1 aromatic carbocycles. The predicted octanol–water partition coefficient (Wildman–Crippen LogP) is 2.60. The highest BCUT2D eigenvalue weighted by molar-refractivity contribution is 7.89. The first kappa shape index (κ1) is 21.3. The molecule has 4 aliphatic carbocycles. The second-order valence-electron chi connectivity index (χ2n) is 9.56. The SMILES string of the molecule is CN(C)S(=O)(=O)c1ccc(NC(=O)CCNC(=O)C23CC4CC(CC(C4)C2)C3)cc1. The van der Waals surface area contributed by atoms with Gasteiger partial charge in [-0.15, -0.1) is 0 Å². The molecule has 30 heavy (non-hydrogen) atoms. The van der Waals surface area contributed by atoms with Crippen molar-refractivity contribution in [1.29, 1.82) is 0 Å². The molecule has 4 fully saturated rings. The van der Waals surface area contributed by atoms with E-state index in [1.54, 1.807) is 12.1 Å². The summed E-state index contributed by atoms with van der Waals surface area (Å²) in [6, 6.07) is 6.09. The lowest BCUT2D eigenvalue weighted by molar-refractivity contribution is -0.146. The maximum Gasteiger partial charge on any atom is 0.242 e. The molecule has 5 rings (SSSR count). The Morgan fingerprint density at radius 2 is 1.53 bits per heavy atom. The minimum absolute atomic E-state index is 0.132. The lowest BCUT2D eigenvalue weighted by Gasteiger charge is -2.55. The Kier molecular flexibility index (Phi) is 5.66. The third-order valence-electron chi connectivity index (χ3n) is 7.07. The molecule has 0 saturated heterocycles. The van der Waals surface area contributed by atoms with Crippen molar-refractivity contribution >= 4 is 27.5 Å². The third-order valence-corrected chi connectivity index (χ3v) is 8.90. The average Bonchev–Trinajstić information content (AvgIpc) is 2.67. The van der Waals surface area contributed by atoms with Crippen molar-refractivity contribution in [3.8, 4) is 0 Å². The lowest BCUT2D eigenvalue weighted by atomic mass is 9.49. The molecule has 4 bridgehead atoms. The molecule has 0 radical (unpaired) electrons. The maximum atomic E-state index is 12.9. The van der Waals surface area contributed by atoms with Gasteiger partial charge in [-0.3, -0.25) is 9.59 Å². The van der Waals surface area contributed by atoms with E-state index in [1.165, 1.54) is 45.5 Å². The van der Waals surface area contributed by atoms with Crippen LogP contribution >= 0.6 is 0 Å². The zero-order valence-electron chi connectivity index (χ0n) is 17.7. The van der Waals surface area contributed by atoms with Gasteiger partial charge in [-0.2, -0.15) is 0 Å². The molecule has 2 amide bonds. The van der Waals surface area contributed by atoms with Gasteiger partial charge in [0.05, 0.1) is 4.90 Å². The molecule has 2 N–H and O–H groups in total. The molecule has 164 valence electrons. The van der Waals surface area contributed by atoms with Gasteiger partial charge in [-0.25, -0.2) is 12.7 Å². The van der Waals surface area contributed by atoms with Crippen LogP contribution in [0.4, 0.5) is 5.69 Å². The molecular weight excluding hydrogens is 402 g/mol. The van der Waals surface area contributed by atoms with Crippen LogP contribution in [-0.2, 0) is 19.6 Å². The molecule has 1 aromatic rings. The number of rotatable bonds is 7. The number of nitrogens with one attached hydrogen (secondary N) is 2. The number of hydrogen-bond acceptors (Lipinski definition) is 4. The van der Waals surface area contributed by atoms with Gasteiger partial charge in [0.25, 0.3) is 0 Å². The highest BCUT2D eigenvalue weighted by atomic mass is 32.2. The van der Waals surface area contributed by atoms with Gasteiger partial charge < -0.3 is 10.6 Å². The highest BCUT2D eigenvalue weighted by Crippen LogP contribution is 2.60. The molecule has 8 heteroatoms. The monoisotopic (exact) mass is 433 g/mol. The first-order chi connectivity index (χ1) is 14.2. The summed E-state index contributed by atoms with van der Waals surface area (Å²) in [6.45, 7) is 0.319. The Morgan fingerprint density at radius 3 is 2.03 bits per heavy atom. The summed E-state index contributed by atoms with van der Waals surface area (Å²) in [4.78, 5) is 25.3. The summed E-state index contributed by atoms with van der Waals surface area (Å²) >= 11 is 0. The van der Waals surface area contributed by atoms with Gasteiger partial charge in [0.15, 0.2) is 0 Å². The lowest BCUT2D eigenvalue weighted by Crippen LogP contribution is -2.53. The second kappa shape index (κ2) is 7.96. The number of sulfonamides is 1. The van der Waals surface area contributed by atoms with Crippen LogP contribution in [0.5, 0.6) is 0 Å². The van der Waals surface area contributed by atoms with Gasteiger partial charge in [0.2, 0.25) is 21.8 Å². The molecule has 0 unspecified atom stereocenters. The molecular formula is C22H31N3O4S. The zero-order chi connectivity index (χ0) is 21.5. The Hall–Kier alpha value is -1.93. The fourth-order valence-electron chi connectivity index (χ4n) is 6.01. The van der Waals surface area contributed by atoms with Crippen LogP contribution in [0.25, 0.3) is 0 Å². The van der Waals surface area contributed by atoms with Crippen molar-refractivity contribution in [3.63, 3.8) is 0 Å². The number of hydrogen-bond donors (Lipinski definition) is 2. The van der Waals surface area contributed by atoms with Crippen molar-refractivity contribution in [1.82, 2.24) is 9.62 Å². The Bertz CT molecular complexity index is 889. The van der Waals surface area contributed by atoms with E-state index in [-0.39, 0.29) is 28.5 Å². The van der Waals surface area contributed by atoms with Gasteiger partial charge in [0, 0.05) is 38.2 Å². The minimum atomic E-state index is -3.49. The van der Waals surface area contributed by atoms with Crippen molar-refractivity contribution in [3.05, 3.63) is 24.3 Å². The summed E-state index contributed by atoms with van der Waals surface area (Å²) in [7, 11) is -0.542. The van der Waals surface area contributed by atoms with E-state index >= 15 is 0 Å². The van der Waals surface area contributed by atoms with Crippen LogP contribution in [0, 0.1) is 23.2 Å². The van der Waals surface area contributed by atoms with Crippen molar-refractivity contribution in [2.75, 3.05) is 26.0 Å². The molecule has 0 heterocycles. The van der Waals surface area contributed by atoms with E-state index in [4.69, 9.17) is 0 Å². The van der Waals surface area contributed by atoms with Crippen LogP contribution in [0.2, 0.25) is 0 Å². The molecule has 4 aliphatic rings. The number of amides is 2. The number of benzene rings is 1. The van der Waals surface area contributed by atoms with Gasteiger partial charge in [-0.1, -0.05) is 0 Å². The van der Waals surface area contributed by atoms with Crippen LogP contribution in [0.1, 0.15) is 44.9 Å². The Labute approximate surface area is 178 Å². The van der Waals surface area contributed by atoms with Crippen molar-refractivity contribution < 1.29 is 18.0 Å².